The summed E-state index contributed by atoms with van der Waals surface area (Å²) >= 11 is 1.68. The van der Waals surface area contributed by atoms with Crippen LogP contribution in [0.25, 0.3) is 21.6 Å². The van der Waals surface area contributed by atoms with Crippen LogP contribution in [0.15, 0.2) is 16.9 Å². The summed E-state index contributed by atoms with van der Waals surface area (Å²) in [5.41, 5.74) is 3.30. The lowest BCUT2D eigenvalue weighted by atomic mass is 9.78. The van der Waals surface area contributed by atoms with Crippen LogP contribution >= 0.6 is 11.3 Å². The maximum absolute atomic E-state index is 13.1. The van der Waals surface area contributed by atoms with E-state index in [1.54, 1.807) is 11.3 Å². The number of benzene rings is 1. The number of hydrogen-bond acceptors (Lipinski definition) is 4. The lowest BCUT2D eigenvalue weighted by Gasteiger charge is -2.28. The second kappa shape index (κ2) is 7.23. The van der Waals surface area contributed by atoms with E-state index in [1.807, 2.05) is 12.1 Å². The van der Waals surface area contributed by atoms with Crippen LogP contribution in [-0.4, -0.2) is 15.1 Å². The van der Waals surface area contributed by atoms with Gasteiger partial charge >= 0.3 is 0 Å². The average molecular weight is 425 g/mol. The fourth-order valence-electron chi connectivity index (χ4n) is 4.39. The second-order valence-corrected chi connectivity index (χ2v) is 11.7. The molecule has 0 fully saturated rings. The van der Waals surface area contributed by atoms with Gasteiger partial charge in [0.1, 0.15) is 16.4 Å². The molecule has 0 atom stereocenters. The van der Waals surface area contributed by atoms with E-state index >= 15 is 0 Å². The van der Waals surface area contributed by atoms with Crippen molar-refractivity contribution in [2.45, 2.75) is 84.5 Å². The van der Waals surface area contributed by atoms with Crippen LogP contribution in [0.1, 0.15) is 82.4 Å². The van der Waals surface area contributed by atoms with E-state index in [4.69, 9.17) is 4.98 Å². The molecular weight excluding hydrogens is 392 g/mol. The number of fused-ring (bicyclic) bond motifs is 3. The summed E-state index contributed by atoms with van der Waals surface area (Å²) in [5.74, 6) is 0.921. The number of aromatic hydroxyl groups is 1. The van der Waals surface area contributed by atoms with Gasteiger partial charge in [0.2, 0.25) is 0 Å². The first-order valence-electron chi connectivity index (χ1n) is 10.9. The van der Waals surface area contributed by atoms with Crippen LogP contribution in [0, 0.1) is 0 Å². The van der Waals surface area contributed by atoms with Crippen LogP contribution in [0.3, 0.4) is 0 Å². The number of aryl methyl sites for hydroxylation is 2. The summed E-state index contributed by atoms with van der Waals surface area (Å²) in [5, 5.41) is 11.8. The normalized spacial score (nSPS) is 15.3. The Morgan fingerprint density at radius 1 is 0.967 bits per heavy atom. The number of nitrogens with zero attached hydrogens (tertiary/aromatic N) is 1. The van der Waals surface area contributed by atoms with Gasteiger partial charge in [-0.3, -0.25) is 4.79 Å². The van der Waals surface area contributed by atoms with Gasteiger partial charge in [0.05, 0.1) is 5.39 Å². The maximum Gasteiger partial charge on any atom is 0.260 e. The van der Waals surface area contributed by atoms with Crippen LogP contribution < -0.4 is 5.56 Å². The summed E-state index contributed by atoms with van der Waals surface area (Å²) < 4.78 is 0. The van der Waals surface area contributed by atoms with Crippen molar-refractivity contribution in [3.05, 3.63) is 44.1 Å². The molecule has 0 spiro atoms. The Balaban J connectivity index is 1.95. The van der Waals surface area contributed by atoms with E-state index in [1.165, 1.54) is 23.3 Å². The van der Waals surface area contributed by atoms with Gasteiger partial charge in [0, 0.05) is 21.6 Å². The van der Waals surface area contributed by atoms with Crippen LogP contribution in [0.4, 0.5) is 0 Å². The first kappa shape index (κ1) is 21.1. The molecule has 5 heteroatoms. The molecule has 2 N–H and O–H groups in total. The Hall–Kier alpha value is -2.14. The Kier molecular flexibility index (Phi) is 5.08. The summed E-state index contributed by atoms with van der Waals surface area (Å²) in [7, 11) is 0. The standard InChI is InChI=1S/C25H32N2O2S/c1-24(2,3)16-12-14(13-17(20(16)28)25(4,5)6)21-26-22(29)19-15-10-8-7-9-11-18(15)30-23(19)27-21/h12-13,28H,7-11H2,1-6H3,(H,26,27,29). The Bertz CT molecular complexity index is 1140. The van der Waals surface area contributed by atoms with E-state index in [9.17, 15) is 9.90 Å². The van der Waals surface area contributed by atoms with Crippen molar-refractivity contribution in [2.75, 3.05) is 0 Å². The predicted octanol–water partition coefficient (Wildman–Crippen LogP) is 6.22. The molecule has 4 nitrogen and oxygen atoms in total. The van der Waals surface area contributed by atoms with Gasteiger partial charge in [-0.1, -0.05) is 48.0 Å². The van der Waals surface area contributed by atoms with Gasteiger partial charge in [-0.2, -0.15) is 0 Å². The predicted molar refractivity (Wildman–Crippen MR) is 126 cm³/mol. The molecule has 1 aromatic carbocycles. The first-order chi connectivity index (χ1) is 14.0. The third-order valence-electron chi connectivity index (χ3n) is 6.07. The largest absolute Gasteiger partial charge is 0.507 e. The number of nitrogens with one attached hydrogen (secondary N) is 1. The van der Waals surface area contributed by atoms with Gasteiger partial charge in [-0.25, -0.2) is 4.98 Å². The van der Waals surface area contributed by atoms with Gasteiger partial charge < -0.3 is 10.1 Å². The summed E-state index contributed by atoms with van der Waals surface area (Å²) in [6, 6.07) is 3.96. The molecule has 160 valence electrons. The van der Waals surface area contributed by atoms with Crippen molar-refractivity contribution < 1.29 is 5.11 Å². The fourth-order valence-corrected chi connectivity index (χ4v) is 5.65. The smallest absolute Gasteiger partial charge is 0.260 e. The molecule has 3 aromatic rings. The molecule has 2 heterocycles. The first-order valence-corrected chi connectivity index (χ1v) is 11.7. The number of phenolic OH excluding ortho intramolecular Hbond substituents is 1. The highest BCUT2D eigenvalue weighted by Gasteiger charge is 2.28. The second-order valence-electron chi connectivity index (χ2n) is 10.6. The molecule has 0 aliphatic heterocycles. The van der Waals surface area contributed by atoms with E-state index in [0.717, 1.165) is 46.2 Å². The highest BCUT2D eigenvalue weighted by molar-refractivity contribution is 7.18. The van der Waals surface area contributed by atoms with Gasteiger partial charge in [-0.15, -0.1) is 11.3 Å². The number of aromatic nitrogens is 2. The average Bonchev–Trinajstić information content (AvgIpc) is 2.82. The van der Waals surface area contributed by atoms with Crippen molar-refractivity contribution in [2.24, 2.45) is 0 Å². The Labute approximate surface area is 182 Å². The number of hydrogen-bond donors (Lipinski definition) is 2. The topological polar surface area (TPSA) is 66.0 Å². The number of rotatable bonds is 1. The quantitative estimate of drug-likeness (QED) is 0.456. The molecule has 4 rings (SSSR count). The number of aromatic amines is 1. The molecule has 30 heavy (non-hydrogen) atoms. The van der Waals surface area contributed by atoms with E-state index in [0.29, 0.717) is 11.6 Å². The van der Waals surface area contributed by atoms with Crippen molar-refractivity contribution in [3.8, 4) is 17.1 Å². The molecular formula is C25H32N2O2S. The van der Waals surface area contributed by atoms with Crippen LogP contribution in [-0.2, 0) is 23.7 Å². The van der Waals surface area contributed by atoms with Crippen molar-refractivity contribution >= 4 is 21.6 Å². The minimum Gasteiger partial charge on any atom is -0.507 e. The summed E-state index contributed by atoms with van der Waals surface area (Å²) in [6.07, 6.45) is 5.58. The van der Waals surface area contributed by atoms with E-state index in [-0.39, 0.29) is 16.4 Å². The van der Waals surface area contributed by atoms with Gasteiger partial charge in [-0.05, 0) is 54.2 Å². The zero-order chi connectivity index (χ0) is 21.8. The van der Waals surface area contributed by atoms with Crippen LogP contribution in [0.2, 0.25) is 0 Å². The van der Waals surface area contributed by atoms with Crippen LogP contribution in [0.5, 0.6) is 5.75 Å². The Morgan fingerprint density at radius 3 is 2.17 bits per heavy atom. The van der Waals surface area contributed by atoms with E-state index in [2.05, 4.69) is 46.5 Å². The lowest BCUT2D eigenvalue weighted by molar-refractivity contribution is 0.423. The molecule has 0 amide bonds. The fraction of sp³-hybridized carbons (Fsp3) is 0.520. The zero-order valence-corrected chi connectivity index (χ0v) is 19.7. The lowest BCUT2D eigenvalue weighted by Crippen LogP contribution is -2.18. The highest BCUT2D eigenvalue weighted by atomic mass is 32.1. The molecule has 0 radical (unpaired) electrons. The molecule has 1 aliphatic carbocycles. The van der Waals surface area contributed by atoms with Crippen molar-refractivity contribution in [3.63, 3.8) is 0 Å². The summed E-state index contributed by atoms with van der Waals surface area (Å²) in [4.78, 5) is 23.2. The highest BCUT2D eigenvalue weighted by Crippen LogP contribution is 2.42. The monoisotopic (exact) mass is 424 g/mol. The molecule has 2 aromatic heterocycles. The number of thiophene rings is 1. The minimum absolute atomic E-state index is 0.0444. The van der Waals surface area contributed by atoms with Crippen molar-refractivity contribution in [1.29, 1.82) is 0 Å². The maximum atomic E-state index is 13.1. The zero-order valence-electron chi connectivity index (χ0n) is 18.9. The third-order valence-corrected chi connectivity index (χ3v) is 7.26. The molecule has 0 saturated carbocycles. The summed E-state index contributed by atoms with van der Waals surface area (Å²) in [6.45, 7) is 12.5. The SMILES string of the molecule is CC(C)(C)c1cc(-c2nc3sc4c(c3c(=O)[nH]2)CCCCC4)cc(C(C)(C)C)c1O. The Morgan fingerprint density at radius 2 is 1.57 bits per heavy atom. The number of phenols is 1. The van der Waals surface area contributed by atoms with E-state index < -0.39 is 0 Å². The van der Waals surface area contributed by atoms with Gasteiger partial charge in [0.15, 0.2) is 0 Å². The minimum atomic E-state index is -0.231. The van der Waals surface area contributed by atoms with Gasteiger partial charge in [0.25, 0.3) is 5.56 Å². The molecule has 0 unspecified atom stereocenters. The number of H-pyrrole nitrogens is 1. The molecule has 0 saturated heterocycles. The molecule has 0 bridgehead atoms. The molecule has 1 aliphatic rings. The van der Waals surface area contributed by atoms with Crippen molar-refractivity contribution in [1.82, 2.24) is 9.97 Å². The third kappa shape index (κ3) is 3.68.